The number of anilines is 2. The normalized spacial score (nSPS) is 12.6. The fourth-order valence-electron chi connectivity index (χ4n) is 3.47. The van der Waals surface area contributed by atoms with Crippen LogP contribution in [-0.4, -0.2) is 22.8 Å². The van der Waals surface area contributed by atoms with Crippen molar-refractivity contribution in [3.05, 3.63) is 90.0 Å². The largest absolute Gasteiger partial charge is 0.431 e. The number of benzene rings is 2. The molecule has 4 rings (SSSR count). The lowest BCUT2D eigenvalue weighted by molar-refractivity contribution is -0.136. The van der Waals surface area contributed by atoms with Crippen LogP contribution in [0.4, 0.5) is 11.4 Å². The molecule has 1 aromatic heterocycles. The Morgan fingerprint density at radius 3 is 2.55 bits per heavy atom. The average molecular weight is 442 g/mol. The minimum atomic E-state index is -0.359. The Morgan fingerprint density at radius 1 is 1.00 bits per heavy atom. The molecular formula is C25H22N4O4. The van der Waals surface area contributed by atoms with Gasteiger partial charge in [-0.3, -0.25) is 19.4 Å². The summed E-state index contributed by atoms with van der Waals surface area (Å²) in [4.78, 5) is 40.2. The van der Waals surface area contributed by atoms with E-state index in [9.17, 15) is 14.4 Å². The Hall–Kier alpha value is -4.30. The summed E-state index contributed by atoms with van der Waals surface area (Å²) in [5.74, 6) is -0.554. The SMILES string of the molecule is NCc1ccc(C(=O)Nc2ccncc2)cc1-c1cccc(NC(=O)CC2=CCC(=O)O2)c1. The number of nitrogens with two attached hydrogens (primary N) is 1. The van der Waals surface area contributed by atoms with Crippen molar-refractivity contribution in [1.82, 2.24) is 4.98 Å². The minimum Gasteiger partial charge on any atom is -0.431 e. The second-order valence-electron chi connectivity index (χ2n) is 7.42. The highest BCUT2D eigenvalue weighted by Gasteiger charge is 2.18. The third kappa shape index (κ3) is 5.50. The zero-order valence-electron chi connectivity index (χ0n) is 17.7. The van der Waals surface area contributed by atoms with Crippen molar-refractivity contribution in [2.45, 2.75) is 19.4 Å². The molecule has 0 saturated heterocycles. The van der Waals surface area contributed by atoms with E-state index in [1.165, 1.54) is 0 Å². The summed E-state index contributed by atoms with van der Waals surface area (Å²) >= 11 is 0. The average Bonchev–Trinajstić information content (AvgIpc) is 3.23. The van der Waals surface area contributed by atoms with E-state index in [0.29, 0.717) is 22.7 Å². The van der Waals surface area contributed by atoms with Crippen LogP contribution in [0.3, 0.4) is 0 Å². The van der Waals surface area contributed by atoms with Gasteiger partial charge in [-0.05, 0) is 59.2 Å². The number of ether oxygens (including phenoxy) is 1. The molecule has 4 N–H and O–H groups in total. The first-order valence-electron chi connectivity index (χ1n) is 10.4. The maximum atomic E-state index is 12.7. The van der Waals surface area contributed by atoms with E-state index in [4.69, 9.17) is 10.5 Å². The summed E-state index contributed by atoms with van der Waals surface area (Å²) in [6, 6.07) is 16.0. The molecule has 2 amide bonds. The van der Waals surface area contributed by atoms with Gasteiger partial charge in [-0.2, -0.15) is 0 Å². The summed E-state index contributed by atoms with van der Waals surface area (Å²) in [7, 11) is 0. The number of amides is 2. The number of nitrogens with one attached hydrogen (secondary N) is 2. The highest BCUT2D eigenvalue weighted by atomic mass is 16.5. The van der Waals surface area contributed by atoms with Crippen molar-refractivity contribution in [1.29, 1.82) is 0 Å². The summed E-state index contributed by atoms with van der Waals surface area (Å²) < 4.78 is 4.98. The van der Waals surface area contributed by atoms with Gasteiger partial charge >= 0.3 is 5.97 Å². The van der Waals surface area contributed by atoms with Gasteiger partial charge in [0.15, 0.2) is 0 Å². The van der Waals surface area contributed by atoms with Crippen molar-refractivity contribution >= 4 is 29.2 Å². The third-order valence-corrected chi connectivity index (χ3v) is 5.06. The van der Waals surface area contributed by atoms with Gasteiger partial charge in [0.05, 0.1) is 12.8 Å². The quantitative estimate of drug-likeness (QED) is 0.480. The maximum absolute atomic E-state index is 12.7. The molecule has 166 valence electrons. The molecule has 8 nitrogen and oxygen atoms in total. The van der Waals surface area contributed by atoms with Gasteiger partial charge in [0.1, 0.15) is 5.76 Å². The van der Waals surface area contributed by atoms with Crippen LogP contribution in [0.1, 0.15) is 28.8 Å². The smallest absolute Gasteiger partial charge is 0.314 e. The summed E-state index contributed by atoms with van der Waals surface area (Å²) in [5.41, 5.74) is 10.1. The molecule has 0 aliphatic carbocycles. The van der Waals surface area contributed by atoms with Crippen LogP contribution in [0.5, 0.6) is 0 Å². The van der Waals surface area contributed by atoms with Crippen LogP contribution in [0.25, 0.3) is 11.1 Å². The molecule has 8 heteroatoms. The maximum Gasteiger partial charge on any atom is 0.314 e. The molecule has 0 fully saturated rings. The molecule has 0 spiro atoms. The molecule has 1 aliphatic heterocycles. The highest BCUT2D eigenvalue weighted by molar-refractivity contribution is 6.05. The van der Waals surface area contributed by atoms with Gasteiger partial charge in [-0.25, -0.2) is 0 Å². The first-order chi connectivity index (χ1) is 16.0. The predicted molar refractivity (Wildman–Crippen MR) is 124 cm³/mol. The lowest BCUT2D eigenvalue weighted by Crippen LogP contribution is -2.13. The van der Waals surface area contributed by atoms with Gasteiger partial charge in [0.2, 0.25) is 5.91 Å². The number of esters is 1. The number of pyridine rings is 1. The van der Waals surface area contributed by atoms with Crippen molar-refractivity contribution in [3.8, 4) is 11.1 Å². The van der Waals surface area contributed by atoms with Crippen LogP contribution in [0.2, 0.25) is 0 Å². The number of carbonyl (C=O) groups is 3. The van der Waals surface area contributed by atoms with Crippen LogP contribution in [-0.2, 0) is 20.9 Å². The Kier molecular flexibility index (Phi) is 6.56. The third-order valence-electron chi connectivity index (χ3n) is 5.06. The monoisotopic (exact) mass is 442 g/mol. The molecule has 2 heterocycles. The predicted octanol–water partition coefficient (Wildman–Crippen LogP) is 3.62. The summed E-state index contributed by atoms with van der Waals surface area (Å²) in [5, 5.41) is 5.65. The van der Waals surface area contributed by atoms with Crippen LogP contribution < -0.4 is 16.4 Å². The van der Waals surface area contributed by atoms with E-state index in [2.05, 4.69) is 15.6 Å². The molecular weight excluding hydrogens is 420 g/mol. The Morgan fingerprint density at radius 2 is 1.82 bits per heavy atom. The minimum absolute atomic E-state index is 0.0192. The number of cyclic esters (lactones) is 1. The van der Waals surface area contributed by atoms with E-state index in [1.54, 1.807) is 48.8 Å². The standard InChI is InChI=1S/C25H22N4O4/c26-15-18-5-4-17(25(32)29-19-8-10-27-11-9-19)13-22(18)16-2-1-3-20(12-16)28-23(30)14-21-6-7-24(31)33-21/h1-6,8-13H,7,14-15,26H2,(H,28,30)(H,27,29,32). The summed E-state index contributed by atoms with van der Waals surface area (Å²) in [6.07, 6.45) is 4.98. The zero-order chi connectivity index (χ0) is 23.2. The van der Waals surface area contributed by atoms with Gasteiger partial charge in [-0.15, -0.1) is 0 Å². The number of aromatic nitrogens is 1. The van der Waals surface area contributed by atoms with Gasteiger partial charge < -0.3 is 21.1 Å². The molecule has 0 atom stereocenters. The highest BCUT2D eigenvalue weighted by Crippen LogP contribution is 2.28. The van der Waals surface area contributed by atoms with E-state index in [1.807, 2.05) is 24.3 Å². The number of carbonyl (C=O) groups excluding carboxylic acids is 3. The first kappa shape index (κ1) is 21.9. The molecule has 0 bridgehead atoms. The molecule has 0 unspecified atom stereocenters. The second-order valence-corrected chi connectivity index (χ2v) is 7.42. The molecule has 2 aromatic carbocycles. The zero-order valence-corrected chi connectivity index (χ0v) is 17.7. The van der Waals surface area contributed by atoms with Gasteiger partial charge in [0.25, 0.3) is 5.91 Å². The number of hydrogen-bond donors (Lipinski definition) is 3. The Bertz CT molecular complexity index is 1240. The molecule has 0 radical (unpaired) electrons. The second kappa shape index (κ2) is 9.88. The van der Waals surface area contributed by atoms with Crippen LogP contribution >= 0.6 is 0 Å². The number of hydrogen-bond acceptors (Lipinski definition) is 6. The van der Waals surface area contributed by atoms with Crippen LogP contribution in [0, 0.1) is 0 Å². The Balaban J connectivity index is 1.54. The first-order valence-corrected chi connectivity index (χ1v) is 10.4. The van der Waals surface area contributed by atoms with E-state index in [0.717, 1.165) is 16.7 Å². The van der Waals surface area contributed by atoms with E-state index >= 15 is 0 Å². The van der Waals surface area contributed by atoms with Crippen molar-refractivity contribution in [2.75, 3.05) is 10.6 Å². The van der Waals surface area contributed by atoms with Crippen molar-refractivity contribution in [3.63, 3.8) is 0 Å². The molecule has 33 heavy (non-hydrogen) atoms. The topological polar surface area (TPSA) is 123 Å². The van der Waals surface area contributed by atoms with Crippen molar-refractivity contribution in [2.24, 2.45) is 5.73 Å². The molecule has 3 aromatic rings. The van der Waals surface area contributed by atoms with E-state index < -0.39 is 0 Å². The van der Waals surface area contributed by atoms with Crippen LogP contribution in [0.15, 0.2) is 78.8 Å². The van der Waals surface area contributed by atoms with Gasteiger partial charge in [-0.1, -0.05) is 18.2 Å². The fraction of sp³-hybridized carbons (Fsp3) is 0.120. The molecule has 0 saturated carbocycles. The van der Waals surface area contributed by atoms with Gasteiger partial charge in [0, 0.05) is 35.9 Å². The molecule has 1 aliphatic rings. The fourth-order valence-corrected chi connectivity index (χ4v) is 3.47. The lowest BCUT2D eigenvalue weighted by Gasteiger charge is -2.13. The lowest BCUT2D eigenvalue weighted by atomic mass is 9.96. The number of rotatable bonds is 7. The van der Waals surface area contributed by atoms with E-state index in [-0.39, 0.29) is 37.2 Å². The summed E-state index contributed by atoms with van der Waals surface area (Å²) in [6.45, 7) is 0.289. The number of nitrogens with zero attached hydrogens (tertiary/aromatic N) is 1. The van der Waals surface area contributed by atoms with Crippen molar-refractivity contribution < 1.29 is 19.1 Å². The Labute approximate surface area is 190 Å².